The minimum atomic E-state index is -1.13. The molecule has 3 N–H and O–H groups in total. The van der Waals surface area contributed by atoms with Gasteiger partial charge in [0.2, 0.25) is 0 Å². The number of thiocarbonyl (C=S) groups is 1. The predicted molar refractivity (Wildman–Crippen MR) is 50.1 cm³/mol. The Morgan fingerprint density at radius 1 is 1.75 bits per heavy atom. The highest BCUT2D eigenvalue weighted by atomic mass is 32.1. The van der Waals surface area contributed by atoms with Crippen molar-refractivity contribution in [3.05, 3.63) is 12.7 Å². The third-order valence-corrected chi connectivity index (χ3v) is 0.984. The molecular formula is C6H9N3O2S. The molecule has 0 aliphatic carbocycles. The van der Waals surface area contributed by atoms with Crippen molar-refractivity contribution in [2.45, 2.75) is 0 Å². The van der Waals surface area contributed by atoms with Gasteiger partial charge in [-0.2, -0.15) is 5.10 Å². The van der Waals surface area contributed by atoms with Crippen molar-refractivity contribution in [3.8, 4) is 0 Å². The van der Waals surface area contributed by atoms with Crippen LogP contribution in [0.5, 0.6) is 0 Å². The molecule has 0 radical (unpaired) electrons. The summed E-state index contributed by atoms with van der Waals surface area (Å²) in [5.41, 5.74) is 2.31. The summed E-state index contributed by atoms with van der Waals surface area (Å²) in [5.74, 6) is -1.13. The second kappa shape index (κ2) is 6.29. The summed E-state index contributed by atoms with van der Waals surface area (Å²) < 4.78 is 0. The maximum absolute atomic E-state index is 9.93. The first-order valence-electron chi connectivity index (χ1n) is 3.07. The van der Waals surface area contributed by atoms with Gasteiger partial charge in [-0.3, -0.25) is 5.43 Å². The largest absolute Gasteiger partial charge is 0.477 e. The van der Waals surface area contributed by atoms with Crippen molar-refractivity contribution in [2.75, 3.05) is 6.54 Å². The fourth-order valence-electron chi connectivity index (χ4n) is 0.351. The van der Waals surface area contributed by atoms with E-state index in [9.17, 15) is 4.79 Å². The van der Waals surface area contributed by atoms with Gasteiger partial charge in [0.25, 0.3) is 0 Å². The van der Waals surface area contributed by atoms with Gasteiger partial charge in [0, 0.05) is 6.54 Å². The second-order valence-corrected chi connectivity index (χ2v) is 2.12. The van der Waals surface area contributed by atoms with E-state index in [1.807, 2.05) is 0 Å². The highest BCUT2D eigenvalue weighted by molar-refractivity contribution is 7.80. The van der Waals surface area contributed by atoms with Gasteiger partial charge in [0.05, 0.1) is 0 Å². The Labute approximate surface area is 75.2 Å². The molecule has 0 unspecified atom stereocenters. The molecule has 0 amide bonds. The number of aliphatic carboxylic acids is 1. The number of nitrogens with one attached hydrogen (secondary N) is 2. The number of carboxylic acids is 1. The third-order valence-electron chi connectivity index (χ3n) is 0.748. The molecule has 0 fully saturated rings. The smallest absolute Gasteiger partial charge is 0.348 e. The standard InChI is InChI=1S/C6H9N3O2S/c1-2-3-7-6(12)9-8-4-5(10)11/h2,4H,1,3H2,(H,10,11)(H2,7,9,12)/b8-4+. The minimum Gasteiger partial charge on any atom is -0.477 e. The van der Waals surface area contributed by atoms with Gasteiger partial charge in [-0.15, -0.1) is 6.58 Å². The van der Waals surface area contributed by atoms with Gasteiger partial charge in [0.1, 0.15) is 6.21 Å². The van der Waals surface area contributed by atoms with E-state index in [-0.39, 0.29) is 5.11 Å². The van der Waals surface area contributed by atoms with Crippen LogP contribution < -0.4 is 10.7 Å². The van der Waals surface area contributed by atoms with Crippen LogP contribution in [0.25, 0.3) is 0 Å². The molecule has 0 saturated carbocycles. The first-order valence-corrected chi connectivity index (χ1v) is 3.48. The molecule has 0 atom stereocenters. The number of carboxylic acid groups (broad SMARTS) is 1. The number of hydrazone groups is 1. The SMILES string of the molecule is C=CCNC(=S)N/N=C/C(=O)O. The molecule has 0 bridgehead atoms. The molecule has 0 heterocycles. The number of hydrogen-bond donors (Lipinski definition) is 3. The van der Waals surface area contributed by atoms with Crippen molar-refractivity contribution in [2.24, 2.45) is 5.10 Å². The van der Waals surface area contributed by atoms with Crippen LogP contribution in [0, 0.1) is 0 Å². The van der Waals surface area contributed by atoms with Gasteiger partial charge in [-0.25, -0.2) is 4.79 Å². The zero-order chi connectivity index (χ0) is 9.40. The van der Waals surface area contributed by atoms with Crippen molar-refractivity contribution < 1.29 is 9.90 Å². The molecular weight excluding hydrogens is 178 g/mol. The number of hydrogen-bond acceptors (Lipinski definition) is 3. The first kappa shape index (κ1) is 10.6. The molecule has 0 aromatic rings. The maximum atomic E-state index is 9.93. The van der Waals surface area contributed by atoms with Crippen molar-refractivity contribution >= 4 is 29.5 Å². The van der Waals surface area contributed by atoms with E-state index in [2.05, 4.69) is 22.4 Å². The van der Waals surface area contributed by atoms with Crippen LogP contribution in [-0.2, 0) is 4.79 Å². The highest BCUT2D eigenvalue weighted by Crippen LogP contribution is 1.67. The molecule has 0 spiro atoms. The molecule has 5 nitrogen and oxygen atoms in total. The Hall–Kier alpha value is -1.43. The van der Waals surface area contributed by atoms with Crippen LogP contribution in [0.3, 0.4) is 0 Å². The number of nitrogens with zero attached hydrogens (tertiary/aromatic N) is 1. The van der Waals surface area contributed by atoms with Gasteiger partial charge < -0.3 is 10.4 Å². The Bertz CT molecular complexity index is 215. The average Bonchev–Trinajstić information content (AvgIpc) is 2.00. The fourth-order valence-corrected chi connectivity index (χ4v) is 0.487. The topological polar surface area (TPSA) is 73.7 Å². The van der Waals surface area contributed by atoms with Crippen molar-refractivity contribution in [1.82, 2.24) is 10.7 Å². The van der Waals surface area contributed by atoms with E-state index in [0.29, 0.717) is 12.8 Å². The third kappa shape index (κ3) is 6.69. The molecule has 0 aliphatic heterocycles. The molecule has 0 aliphatic rings. The summed E-state index contributed by atoms with van der Waals surface area (Å²) >= 11 is 4.69. The van der Waals surface area contributed by atoms with E-state index < -0.39 is 5.97 Å². The van der Waals surface area contributed by atoms with Crippen LogP contribution in [-0.4, -0.2) is 28.9 Å². The van der Waals surface area contributed by atoms with Crippen LogP contribution in [0.1, 0.15) is 0 Å². The average molecular weight is 187 g/mol. The van der Waals surface area contributed by atoms with Crippen molar-refractivity contribution in [1.29, 1.82) is 0 Å². The van der Waals surface area contributed by atoms with E-state index in [1.54, 1.807) is 6.08 Å². The lowest BCUT2D eigenvalue weighted by atomic mass is 10.6. The van der Waals surface area contributed by atoms with Gasteiger partial charge >= 0.3 is 5.97 Å². The van der Waals surface area contributed by atoms with Gasteiger partial charge in [-0.05, 0) is 12.2 Å². The van der Waals surface area contributed by atoms with E-state index >= 15 is 0 Å². The molecule has 6 heteroatoms. The van der Waals surface area contributed by atoms with Crippen LogP contribution in [0.15, 0.2) is 17.8 Å². The number of carbonyl (C=O) groups is 1. The van der Waals surface area contributed by atoms with Crippen LogP contribution >= 0.6 is 12.2 Å². The Morgan fingerprint density at radius 3 is 2.92 bits per heavy atom. The Morgan fingerprint density at radius 2 is 2.42 bits per heavy atom. The molecule has 12 heavy (non-hydrogen) atoms. The molecule has 66 valence electrons. The normalized spacial score (nSPS) is 9.33. The lowest BCUT2D eigenvalue weighted by Crippen LogP contribution is -2.32. The lowest BCUT2D eigenvalue weighted by Gasteiger charge is -2.01. The summed E-state index contributed by atoms with van der Waals surface area (Å²) in [6, 6.07) is 0. The van der Waals surface area contributed by atoms with Crippen LogP contribution in [0.2, 0.25) is 0 Å². The lowest BCUT2D eigenvalue weighted by molar-refractivity contribution is -0.128. The summed E-state index contributed by atoms with van der Waals surface area (Å²) in [6.45, 7) is 3.97. The van der Waals surface area contributed by atoms with E-state index in [1.165, 1.54) is 0 Å². The number of rotatable bonds is 4. The molecule has 0 rings (SSSR count). The fraction of sp³-hybridized carbons (Fsp3) is 0.167. The summed E-state index contributed by atoms with van der Waals surface area (Å²) in [5, 5.41) is 14.4. The van der Waals surface area contributed by atoms with Gasteiger partial charge in [-0.1, -0.05) is 6.08 Å². The Kier molecular flexibility index (Phi) is 5.54. The zero-order valence-electron chi connectivity index (χ0n) is 6.28. The summed E-state index contributed by atoms with van der Waals surface area (Å²) in [7, 11) is 0. The van der Waals surface area contributed by atoms with Crippen LogP contribution in [0.4, 0.5) is 0 Å². The first-order chi connectivity index (χ1) is 5.66. The summed E-state index contributed by atoms with van der Waals surface area (Å²) in [6.07, 6.45) is 2.33. The molecule has 0 saturated heterocycles. The summed E-state index contributed by atoms with van der Waals surface area (Å²) in [4.78, 5) is 9.93. The van der Waals surface area contributed by atoms with Gasteiger partial charge in [0.15, 0.2) is 5.11 Å². The zero-order valence-corrected chi connectivity index (χ0v) is 7.10. The quantitative estimate of drug-likeness (QED) is 0.244. The van der Waals surface area contributed by atoms with E-state index in [0.717, 1.165) is 0 Å². The predicted octanol–water partition coefficient (Wildman–Crippen LogP) is -0.293. The molecule has 0 aromatic heterocycles. The maximum Gasteiger partial charge on any atom is 0.348 e. The Balaban J connectivity index is 3.56. The second-order valence-electron chi connectivity index (χ2n) is 1.71. The monoisotopic (exact) mass is 187 g/mol. The molecule has 0 aromatic carbocycles. The highest BCUT2D eigenvalue weighted by Gasteiger charge is 1.89. The minimum absolute atomic E-state index is 0.257. The van der Waals surface area contributed by atoms with E-state index in [4.69, 9.17) is 17.3 Å². The van der Waals surface area contributed by atoms with Crippen molar-refractivity contribution in [3.63, 3.8) is 0 Å².